The molecule has 2 aliphatic heterocycles. The van der Waals surface area contributed by atoms with Crippen molar-refractivity contribution in [3.63, 3.8) is 0 Å². The van der Waals surface area contributed by atoms with E-state index < -0.39 is 30.9 Å². The van der Waals surface area contributed by atoms with Gasteiger partial charge in [-0.3, -0.25) is 5.32 Å². The van der Waals surface area contributed by atoms with E-state index in [1.165, 1.54) is 24.4 Å². The van der Waals surface area contributed by atoms with Crippen molar-refractivity contribution >= 4 is 38.5 Å². The third-order valence-electron chi connectivity index (χ3n) is 5.87. The second-order valence-corrected chi connectivity index (χ2v) is 9.59. The van der Waals surface area contributed by atoms with Crippen LogP contribution in [0.4, 0.5) is 28.9 Å². The SMILES string of the molecule is C[C@H]1CN(c2ncc(C[C@H](O)CO)cc2F)CCN1C(=O)Nc1nc2cc3c(cc2s1)OC(F)(F)O3. The molecule has 5 rings (SSSR count). The number of halogens is 3. The van der Waals surface area contributed by atoms with Gasteiger partial charge in [0.15, 0.2) is 28.3 Å². The Morgan fingerprint density at radius 2 is 2.06 bits per heavy atom. The van der Waals surface area contributed by atoms with Crippen LogP contribution in [0.2, 0.25) is 0 Å². The maximum absolute atomic E-state index is 14.7. The normalized spacial score (nSPS) is 19.6. The standard InChI is InChI=1S/C22H22F3N5O5S/c1-11-9-29(19-14(23)5-12(8-26-19)4-13(32)10-31)2-3-30(11)21(33)28-20-27-15-6-16-17(7-18(15)36-20)35-22(24,25)34-16/h5-8,11,13,31-32H,2-4,9-10H2,1H3,(H,27,28,33)/t11-,13-/m0/s1. The summed E-state index contributed by atoms with van der Waals surface area (Å²) in [5, 5.41) is 21.5. The minimum absolute atomic E-state index is 0.0893. The molecule has 2 aliphatic rings. The van der Waals surface area contributed by atoms with Gasteiger partial charge < -0.3 is 29.5 Å². The van der Waals surface area contributed by atoms with Crippen LogP contribution in [-0.2, 0) is 6.42 Å². The van der Waals surface area contributed by atoms with Gasteiger partial charge in [0.05, 0.1) is 22.9 Å². The van der Waals surface area contributed by atoms with Gasteiger partial charge in [0, 0.05) is 50.4 Å². The summed E-state index contributed by atoms with van der Waals surface area (Å²) in [5.74, 6) is -0.621. The zero-order valence-corrected chi connectivity index (χ0v) is 19.8. The summed E-state index contributed by atoms with van der Waals surface area (Å²) in [6.07, 6.45) is -3.15. The molecule has 2 amide bonds. The zero-order chi connectivity index (χ0) is 25.6. The van der Waals surface area contributed by atoms with Crippen molar-refractivity contribution in [1.82, 2.24) is 14.9 Å². The molecule has 3 aromatic rings. The molecule has 0 saturated carbocycles. The molecule has 0 spiro atoms. The quantitative estimate of drug-likeness (QED) is 0.465. The minimum atomic E-state index is -3.72. The van der Waals surface area contributed by atoms with Crippen LogP contribution in [0, 0.1) is 5.82 Å². The largest absolute Gasteiger partial charge is 0.586 e. The number of nitrogens with one attached hydrogen (secondary N) is 1. The number of thiazole rings is 1. The molecular formula is C22H22F3N5O5S. The maximum atomic E-state index is 14.7. The molecule has 1 fully saturated rings. The highest BCUT2D eigenvalue weighted by Gasteiger charge is 2.43. The van der Waals surface area contributed by atoms with Gasteiger partial charge in [-0.1, -0.05) is 11.3 Å². The highest BCUT2D eigenvalue weighted by atomic mass is 32.1. The average molecular weight is 526 g/mol. The van der Waals surface area contributed by atoms with Gasteiger partial charge in [-0.25, -0.2) is 19.2 Å². The molecule has 3 N–H and O–H groups in total. The number of ether oxygens (including phenoxy) is 2. The zero-order valence-electron chi connectivity index (χ0n) is 18.9. The number of amides is 2. The van der Waals surface area contributed by atoms with E-state index in [0.717, 1.165) is 11.3 Å². The van der Waals surface area contributed by atoms with Crippen LogP contribution < -0.4 is 19.7 Å². The van der Waals surface area contributed by atoms with Gasteiger partial charge in [0.25, 0.3) is 0 Å². The van der Waals surface area contributed by atoms with Crippen LogP contribution in [0.3, 0.4) is 0 Å². The summed E-state index contributed by atoms with van der Waals surface area (Å²) in [6, 6.07) is 3.33. The maximum Gasteiger partial charge on any atom is 0.586 e. The number of fused-ring (bicyclic) bond motifs is 2. The van der Waals surface area contributed by atoms with Crippen LogP contribution in [0.5, 0.6) is 11.5 Å². The number of urea groups is 1. The number of aromatic nitrogens is 2. The molecule has 4 heterocycles. The first kappa shape index (κ1) is 24.3. The molecule has 2 atom stereocenters. The predicted molar refractivity (Wildman–Crippen MR) is 124 cm³/mol. The molecule has 192 valence electrons. The van der Waals surface area contributed by atoms with E-state index in [2.05, 4.69) is 24.8 Å². The number of aliphatic hydroxyl groups is 2. The van der Waals surface area contributed by atoms with Crippen LogP contribution in [0.15, 0.2) is 24.4 Å². The third-order valence-corrected chi connectivity index (χ3v) is 6.81. The van der Waals surface area contributed by atoms with Gasteiger partial charge in [-0.2, -0.15) is 0 Å². The van der Waals surface area contributed by atoms with E-state index in [1.54, 1.807) is 9.80 Å². The lowest BCUT2D eigenvalue weighted by atomic mass is 10.1. The summed E-state index contributed by atoms with van der Waals surface area (Å²) in [7, 11) is 0. The molecule has 14 heteroatoms. The number of pyridine rings is 1. The van der Waals surface area contributed by atoms with Crippen LogP contribution >= 0.6 is 11.3 Å². The molecule has 36 heavy (non-hydrogen) atoms. The van der Waals surface area contributed by atoms with Crippen molar-refractivity contribution in [2.45, 2.75) is 31.8 Å². The van der Waals surface area contributed by atoms with Crippen LogP contribution in [0.25, 0.3) is 10.2 Å². The number of alkyl halides is 2. The van der Waals surface area contributed by atoms with Crippen molar-refractivity contribution < 1.29 is 37.7 Å². The van der Waals surface area contributed by atoms with E-state index in [1.807, 2.05) is 6.92 Å². The van der Waals surface area contributed by atoms with Gasteiger partial charge in [-0.15, -0.1) is 8.78 Å². The molecule has 1 saturated heterocycles. The Morgan fingerprint density at radius 3 is 2.75 bits per heavy atom. The monoisotopic (exact) mass is 525 g/mol. The van der Waals surface area contributed by atoms with Gasteiger partial charge in [0.1, 0.15) is 0 Å². The Morgan fingerprint density at radius 1 is 1.31 bits per heavy atom. The topological polar surface area (TPSA) is 120 Å². The first-order valence-corrected chi connectivity index (χ1v) is 11.9. The summed E-state index contributed by atoms with van der Waals surface area (Å²) >= 11 is 1.11. The Labute approximate surface area is 206 Å². The second-order valence-electron chi connectivity index (χ2n) is 8.56. The molecule has 2 aromatic heterocycles. The fraction of sp³-hybridized carbons (Fsp3) is 0.409. The first-order valence-electron chi connectivity index (χ1n) is 11.1. The smallest absolute Gasteiger partial charge is 0.395 e. The fourth-order valence-electron chi connectivity index (χ4n) is 4.19. The number of benzene rings is 1. The lowest BCUT2D eigenvalue weighted by molar-refractivity contribution is -0.286. The number of hydrogen-bond acceptors (Lipinski definition) is 9. The number of carbonyl (C=O) groups is 1. The molecule has 0 aliphatic carbocycles. The predicted octanol–water partition coefficient (Wildman–Crippen LogP) is 2.79. The number of piperazine rings is 1. The molecule has 0 radical (unpaired) electrons. The van der Waals surface area contributed by atoms with E-state index in [0.29, 0.717) is 35.4 Å². The Hall–Kier alpha value is -3.36. The average Bonchev–Trinajstić information content (AvgIpc) is 3.33. The van der Waals surface area contributed by atoms with E-state index >= 15 is 0 Å². The van der Waals surface area contributed by atoms with E-state index in [-0.39, 0.29) is 34.9 Å². The third kappa shape index (κ3) is 4.83. The van der Waals surface area contributed by atoms with Crippen molar-refractivity contribution in [2.75, 3.05) is 36.5 Å². The fourth-order valence-corrected chi connectivity index (χ4v) is 5.06. The van der Waals surface area contributed by atoms with Crippen molar-refractivity contribution in [1.29, 1.82) is 0 Å². The molecule has 10 nitrogen and oxygen atoms in total. The lowest BCUT2D eigenvalue weighted by Crippen LogP contribution is -2.55. The second kappa shape index (κ2) is 9.26. The van der Waals surface area contributed by atoms with E-state index in [4.69, 9.17) is 5.11 Å². The molecule has 1 aromatic carbocycles. The Bertz CT molecular complexity index is 1260. The molecule has 0 bridgehead atoms. The van der Waals surface area contributed by atoms with Crippen molar-refractivity contribution in [3.05, 3.63) is 35.8 Å². The highest BCUT2D eigenvalue weighted by Crippen LogP contribution is 2.44. The summed E-state index contributed by atoms with van der Waals surface area (Å²) in [5.41, 5.74) is 0.849. The molecule has 0 unspecified atom stereocenters. The lowest BCUT2D eigenvalue weighted by Gasteiger charge is -2.40. The molecular weight excluding hydrogens is 503 g/mol. The van der Waals surface area contributed by atoms with Crippen LogP contribution in [0.1, 0.15) is 12.5 Å². The summed E-state index contributed by atoms with van der Waals surface area (Å²) in [6.45, 7) is 2.38. The van der Waals surface area contributed by atoms with Gasteiger partial charge >= 0.3 is 12.3 Å². The number of carbonyl (C=O) groups excluding carboxylic acids is 1. The number of aliphatic hydroxyl groups excluding tert-OH is 2. The van der Waals surface area contributed by atoms with Gasteiger partial charge in [0.2, 0.25) is 0 Å². The summed E-state index contributed by atoms with van der Waals surface area (Å²) < 4.78 is 50.6. The van der Waals surface area contributed by atoms with E-state index in [9.17, 15) is 23.1 Å². The first-order chi connectivity index (χ1) is 17.1. The number of anilines is 2. The van der Waals surface area contributed by atoms with Gasteiger partial charge in [-0.05, 0) is 18.6 Å². The van der Waals surface area contributed by atoms with Crippen LogP contribution in [-0.4, -0.2) is 75.8 Å². The minimum Gasteiger partial charge on any atom is -0.395 e. The highest BCUT2D eigenvalue weighted by molar-refractivity contribution is 7.22. The number of nitrogens with zero attached hydrogens (tertiary/aromatic N) is 4. The Balaban J connectivity index is 1.22. The van der Waals surface area contributed by atoms with Crippen molar-refractivity contribution in [2.24, 2.45) is 0 Å². The Kier molecular flexibility index (Phi) is 6.26. The van der Waals surface area contributed by atoms with Crippen molar-refractivity contribution in [3.8, 4) is 11.5 Å². The summed E-state index contributed by atoms with van der Waals surface area (Å²) in [4.78, 5) is 24.7. The number of rotatable bonds is 5. The number of hydrogen-bond donors (Lipinski definition) is 3.